The lowest BCUT2D eigenvalue weighted by Crippen LogP contribution is -2.48. The molecule has 0 unspecified atom stereocenters. The van der Waals surface area contributed by atoms with Gasteiger partial charge in [0.2, 0.25) is 5.91 Å². The number of nitrogens with one attached hydrogen (secondary N) is 1. The zero-order valence-electron chi connectivity index (χ0n) is 11.6. The molecule has 0 saturated carbocycles. The third-order valence-electron chi connectivity index (χ3n) is 3.03. The minimum atomic E-state index is -4.58. The van der Waals surface area contributed by atoms with Gasteiger partial charge in [0.15, 0.2) is 0 Å². The minimum Gasteiger partial charge on any atom is -0.368 e. The molecule has 0 bridgehead atoms. The van der Waals surface area contributed by atoms with Crippen LogP contribution >= 0.6 is 0 Å². The van der Waals surface area contributed by atoms with E-state index in [9.17, 15) is 22.8 Å². The maximum Gasteiger partial charge on any atom is 0.416 e. The fraction of sp³-hybridized carbons (Fsp3) is 0.357. The van der Waals surface area contributed by atoms with E-state index in [4.69, 9.17) is 11.0 Å². The second-order valence-corrected chi connectivity index (χ2v) is 4.77. The molecule has 0 aliphatic heterocycles. The highest BCUT2D eigenvalue weighted by atomic mass is 19.4. The molecule has 0 aliphatic rings. The summed E-state index contributed by atoms with van der Waals surface area (Å²) in [6.45, 7) is 1.53. The van der Waals surface area contributed by atoms with Crippen LogP contribution in [0.1, 0.15) is 29.3 Å². The number of amides is 2. The van der Waals surface area contributed by atoms with Crippen molar-refractivity contribution in [1.82, 2.24) is 5.32 Å². The van der Waals surface area contributed by atoms with Crippen molar-refractivity contribution in [3.63, 3.8) is 0 Å². The van der Waals surface area contributed by atoms with E-state index in [1.807, 2.05) is 6.07 Å². The van der Waals surface area contributed by atoms with Gasteiger partial charge in [-0.1, -0.05) is 13.0 Å². The SMILES string of the molecule is C[C@@H](CC#N)[C@H](NC(=O)c1cccc(C(F)(F)F)c1)C(N)=O. The maximum absolute atomic E-state index is 12.6. The molecule has 0 spiro atoms. The van der Waals surface area contributed by atoms with Gasteiger partial charge >= 0.3 is 6.18 Å². The summed E-state index contributed by atoms with van der Waals surface area (Å²) in [5.41, 5.74) is 3.93. The molecule has 2 atom stereocenters. The molecule has 0 radical (unpaired) electrons. The molecule has 2 amide bonds. The second-order valence-electron chi connectivity index (χ2n) is 4.77. The van der Waals surface area contributed by atoms with Crippen LogP contribution in [-0.4, -0.2) is 17.9 Å². The van der Waals surface area contributed by atoms with E-state index in [1.54, 1.807) is 0 Å². The lowest BCUT2D eigenvalue weighted by Gasteiger charge is -2.20. The first kappa shape index (κ1) is 17.5. The Bertz CT molecular complexity index is 608. The molecule has 1 aromatic carbocycles. The summed E-state index contributed by atoms with van der Waals surface area (Å²) >= 11 is 0. The fourth-order valence-corrected chi connectivity index (χ4v) is 1.82. The Morgan fingerprint density at radius 2 is 2.05 bits per heavy atom. The van der Waals surface area contributed by atoms with E-state index in [2.05, 4.69) is 5.32 Å². The van der Waals surface area contributed by atoms with Crippen molar-refractivity contribution in [3.8, 4) is 6.07 Å². The van der Waals surface area contributed by atoms with Crippen LogP contribution < -0.4 is 11.1 Å². The summed E-state index contributed by atoms with van der Waals surface area (Å²) in [6.07, 6.45) is -4.61. The predicted octanol–water partition coefficient (Wildman–Crippen LogP) is 1.84. The number of hydrogen-bond donors (Lipinski definition) is 2. The number of nitrogens with zero attached hydrogens (tertiary/aromatic N) is 1. The second kappa shape index (κ2) is 6.93. The molecule has 0 saturated heterocycles. The Labute approximate surface area is 124 Å². The van der Waals surface area contributed by atoms with Gasteiger partial charge in [0, 0.05) is 12.0 Å². The number of carbonyl (C=O) groups is 2. The number of alkyl halides is 3. The van der Waals surface area contributed by atoms with Crippen molar-refractivity contribution in [2.75, 3.05) is 0 Å². The number of nitriles is 1. The number of nitrogens with two attached hydrogens (primary N) is 1. The van der Waals surface area contributed by atoms with Gasteiger partial charge in [0.05, 0.1) is 11.6 Å². The Kier molecular flexibility index (Phi) is 5.51. The highest BCUT2D eigenvalue weighted by molar-refractivity contribution is 5.97. The van der Waals surface area contributed by atoms with Gasteiger partial charge in [-0.25, -0.2) is 0 Å². The number of primary amides is 1. The lowest BCUT2D eigenvalue weighted by atomic mass is 9.98. The summed E-state index contributed by atoms with van der Waals surface area (Å²) in [6, 6.07) is 4.50. The van der Waals surface area contributed by atoms with Gasteiger partial charge in [-0.05, 0) is 24.1 Å². The van der Waals surface area contributed by atoms with Gasteiger partial charge in [-0.2, -0.15) is 18.4 Å². The Balaban J connectivity index is 2.96. The third kappa shape index (κ3) is 4.48. The molecule has 3 N–H and O–H groups in total. The maximum atomic E-state index is 12.6. The van der Waals surface area contributed by atoms with E-state index < -0.39 is 35.5 Å². The number of hydrogen-bond acceptors (Lipinski definition) is 3. The van der Waals surface area contributed by atoms with Crippen molar-refractivity contribution in [1.29, 1.82) is 5.26 Å². The molecule has 0 aromatic heterocycles. The first-order valence-electron chi connectivity index (χ1n) is 6.31. The average Bonchev–Trinajstić information content (AvgIpc) is 2.43. The zero-order chi connectivity index (χ0) is 16.9. The topological polar surface area (TPSA) is 96.0 Å². The highest BCUT2D eigenvalue weighted by Gasteiger charge is 2.31. The monoisotopic (exact) mass is 313 g/mol. The molecule has 8 heteroatoms. The normalized spacial score (nSPS) is 13.8. The van der Waals surface area contributed by atoms with Crippen molar-refractivity contribution in [2.24, 2.45) is 11.7 Å². The zero-order valence-corrected chi connectivity index (χ0v) is 11.6. The molecule has 5 nitrogen and oxygen atoms in total. The number of benzene rings is 1. The first-order valence-corrected chi connectivity index (χ1v) is 6.31. The average molecular weight is 313 g/mol. The minimum absolute atomic E-state index is 0.0313. The molecule has 0 heterocycles. The van der Waals surface area contributed by atoms with E-state index in [1.165, 1.54) is 13.0 Å². The molecule has 22 heavy (non-hydrogen) atoms. The smallest absolute Gasteiger partial charge is 0.368 e. The highest BCUT2D eigenvalue weighted by Crippen LogP contribution is 2.29. The van der Waals surface area contributed by atoms with Gasteiger partial charge in [0.1, 0.15) is 6.04 Å². The summed E-state index contributed by atoms with van der Waals surface area (Å²) in [5, 5.41) is 10.9. The van der Waals surface area contributed by atoms with Crippen LogP contribution in [0.2, 0.25) is 0 Å². The standard InChI is InChI=1S/C14H14F3N3O2/c1-8(5-6-18)11(12(19)21)20-13(22)9-3-2-4-10(7-9)14(15,16)17/h2-4,7-8,11H,5H2,1H3,(H2,19,21)(H,20,22)/t8-,11-/m0/s1. The molecule has 118 valence electrons. The molecule has 0 fully saturated rings. The van der Waals surface area contributed by atoms with Crippen molar-refractivity contribution in [3.05, 3.63) is 35.4 Å². The molecule has 1 aromatic rings. The number of carbonyl (C=O) groups excluding carboxylic acids is 2. The number of rotatable bonds is 5. The fourth-order valence-electron chi connectivity index (χ4n) is 1.82. The van der Waals surface area contributed by atoms with Crippen LogP contribution in [0.4, 0.5) is 13.2 Å². The van der Waals surface area contributed by atoms with Crippen LogP contribution in [0.5, 0.6) is 0 Å². The van der Waals surface area contributed by atoms with E-state index in [0.717, 1.165) is 12.1 Å². The summed E-state index contributed by atoms with van der Waals surface area (Å²) in [5.74, 6) is -2.28. The number of halogens is 3. The van der Waals surface area contributed by atoms with Crippen LogP contribution in [0.3, 0.4) is 0 Å². The van der Waals surface area contributed by atoms with Gasteiger partial charge in [-0.15, -0.1) is 0 Å². The van der Waals surface area contributed by atoms with E-state index in [0.29, 0.717) is 6.07 Å². The summed E-state index contributed by atoms with van der Waals surface area (Å²) in [7, 11) is 0. The Morgan fingerprint density at radius 1 is 1.41 bits per heavy atom. The van der Waals surface area contributed by atoms with Crippen LogP contribution in [0.25, 0.3) is 0 Å². The van der Waals surface area contributed by atoms with Gasteiger partial charge < -0.3 is 11.1 Å². The van der Waals surface area contributed by atoms with Crippen molar-refractivity contribution >= 4 is 11.8 Å². The van der Waals surface area contributed by atoms with E-state index >= 15 is 0 Å². The van der Waals surface area contributed by atoms with Gasteiger partial charge in [-0.3, -0.25) is 9.59 Å². The molecule has 0 aliphatic carbocycles. The molecular weight excluding hydrogens is 299 g/mol. The molecular formula is C14H14F3N3O2. The van der Waals surface area contributed by atoms with Crippen LogP contribution in [-0.2, 0) is 11.0 Å². The van der Waals surface area contributed by atoms with Crippen molar-refractivity contribution in [2.45, 2.75) is 25.6 Å². The summed E-state index contributed by atoms with van der Waals surface area (Å²) < 4.78 is 37.8. The Hall–Kier alpha value is -2.56. The van der Waals surface area contributed by atoms with E-state index in [-0.39, 0.29) is 12.0 Å². The van der Waals surface area contributed by atoms with Crippen LogP contribution in [0, 0.1) is 17.2 Å². The predicted molar refractivity (Wildman–Crippen MR) is 71.3 cm³/mol. The Morgan fingerprint density at radius 3 is 2.55 bits per heavy atom. The lowest BCUT2D eigenvalue weighted by molar-refractivity contribution is -0.137. The van der Waals surface area contributed by atoms with Gasteiger partial charge in [0.25, 0.3) is 5.91 Å². The molecule has 1 rings (SSSR count). The van der Waals surface area contributed by atoms with Crippen molar-refractivity contribution < 1.29 is 22.8 Å². The third-order valence-corrected chi connectivity index (χ3v) is 3.03. The summed E-state index contributed by atoms with van der Waals surface area (Å²) in [4.78, 5) is 23.3. The largest absolute Gasteiger partial charge is 0.416 e. The quantitative estimate of drug-likeness (QED) is 0.868. The van der Waals surface area contributed by atoms with Crippen LogP contribution in [0.15, 0.2) is 24.3 Å². The first-order chi connectivity index (χ1) is 10.2.